The third-order valence-electron chi connectivity index (χ3n) is 3.04. The minimum atomic E-state index is -0.214. The maximum absolute atomic E-state index is 12.2. The number of amides is 2. The van der Waals surface area contributed by atoms with Gasteiger partial charge < -0.3 is 16.0 Å². The van der Waals surface area contributed by atoms with Crippen LogP contribution >= 0.6 is 23.7 Å². The fraction of sp³-hybridized carbons (Fsp3) is 0.250. The molecule has 2 amide bonds. The molecule has 0 bridgehead atoms. The lowest BCUT2D eigenvalue weighted by molar-refractivity contribution is 0.0955. The van der Waals surface area contributed by atoms with E-state index in [-0.39, 0.29) is 24.2 Å². The number of carbonyl (C=O) groups is 2. The molecule has 0 unspecified atom stereocenters. The molecule has 0 spiro atoms. The van der Waals surface area contributed by atoms with E-state index in [0.717, 1.165) is 6.54 Å². The zero-order valence-electron chi connectivity index (χ0n) is 12.8. The van der Waals surface area contributed by atoms with E-state index in [2.05, 4.69) is 16.0 Å². The van der Waals surface area contributed by atoms with E-state index < -0.39 is 0 Å². The first-order valence-corrected chi connectivity index (χ1v) is 8.08. The van der Waals surface area contributed by atoms with E-state index in [1.807, 2.05) is 12.3 Å². The number of halogens is 1. The molecule has 0 saturated heterocycles. The van der Waals surface area contributed by atoms with Crippen LogP contribution in [0.25, 0.3) is 0 Å². The van der Waals surface area contributed by atoms with Crippen molar-refractivity contribution >= 4 is 41.2 Å². The molecule has 3 N–H and O–H groups in total. The molecule has 0 aliphatic heterocycles. The van der Waals surface area contributed by atoms with Gasteiger partial charge in [-0.15, -0.1) is 12.4 Å². The Bertz CT molecular complexity index is 632. The third-order valence-corrected chi connectivity index (χ3v) is 3.72. The van der Waals surface area contributed by atoms with Crippen LogP contribution in [-0.4, -0.2) is 31.4 Å². The minimum Gasteiger partial charge on any atom is -0.351 e. The summed E-state index contributed by atoms with van der Waals surface area (Å²) in [4.78, 5) is 24.3. The summed E-state index contributed by atoms with van der Waals surface area (Å²) in [5.41, 5.74) is 1.56. The second-order valence-electron chi connectivity index (χ2n) is 4.62. The number of anilines is 1. The smallest absolute Gasteiger partial charge is 0.256 e. The minimum absolute atomic E-state index is 0. The summed E-state index contributed by atoms with van der Waals surface area (Å²) in [6, 6.07) is 8.74. The van der Waals surface area contributed by atoms with Crippen LogP contribution in [0.4, 0.5) is 5.69 Å². The molecular formula is C16H20ClN3O2S. The van der Waals surface area contributed by atoms with Gasteiger partial charge in [-0.1, -0.05) is 19.1 Å². The van der Waals surface area contributed by atoms with E-state index in [4.69, 9.17) is 0 Å². The predicted molar refractivity (Wildman–Crippen MR) is 96.8 cm³/mol. The highest BCUT2D eigenvalue weighted by molar-refractivity contribution is 7.08. The highest BCUT2D eigenvalue weighted by Crippen LogP contribution is 2.17. The van der Waals surface area contributed by atoms with Crippen molar-refractivity contribution in [3.05, 3.63) is 52.2 Å². The standard InChI is InChI=1S/C16H19N3O2S.ClH/c1-2-17-8-9-18-16(21)13-5-3-4-6-14(13)19-15(20)12-7-10-22-11-12;/h3-7,10-11,17H,2,8-9H2,1H3,(H,18,21)(H,19,20);1H. The van der Waals surface area contributed by atoms with Gasteiger partial charge >= 0.3 is 0 Å². The van der Waals surface area contributed by atoms with Crippen LogP contribution in [0.15, 0.2) is 41.1 Å². The predicted octanol–water partition coefficient (Wildman–Crippen LogP) is 2.76. The molecule has 0 saturated carbocycles. The second-order valence-corrected chi connectivity index (χ2v) is 5.40. The maximum Gasteiger partial charge on any atom is 0.256 e. The number of benzene rings is 1. The number of hydrogen-bond donors (Lipinski definition) is 3. The topological polar surface area (TPSA) is 70.2 Å². The first-order valence-electron chi connectivity index (χ1n) is 7.14. The number of hydrogen-bond acceptors (Lipinski definition) is 4. The first-order chi connectivity index (χ1) is 10.7. The van der Waals surface area contributed by atoms with Crippen molar-refractivity contribution in [2.75, 3.05) is 25.0 Å². The maximum atomic E-state index is 12.2. The number of nitrogens with one attached hydrogen (secondary N) is 3. The van der Waals surface area contributed by atoms with Crippen LogP contribution in [0.3, 0.4) is 0 Å². The van der Waals surface area contributed by atoms with Gasteiger partial charge in [-0.3, -0.25) is 9.59 Å². The zero-order valence-corrected chi connectivity index (χ0v) is 14.4. The Balaban J connectivity index is 0.00000264. The summed E-state index contributed by atoms with van der Waals surface area (Å²) in [5, 5.41) is 12.4. The number of thiophene rings is 1. The molecule has 0 aliphatic rings. The molecule has 23 heavy (non-hydrogen) atoms. The van der Waals surface area contributed by atoms with Crippen molar-refractivity contribution in [1.82, 2.24) is 10.6 Å². The lowest BCUT2D eigenvalue weighted by Crippen LogP contribution is -2.32. The Labute approximate surface area is 145 Å². The summed E-state index contributed by atoms with van der Waals surface area (Å²) in [5.74, 6) is -0.409. The monoisotopic (exact) mass is 353 g/mol. The van der Waals surface area contributed by atoms with Crippen molar-refractivity contribution in [3.63, 3.8) is 0 Å². The number of likely N-dealkylation sites (N-methyl/N-ethyl adjacent to an activating group) is 1. The van der Waals surface area contributed by atoms with Crippen LogP contribution in [0.2, 0.25) is 0 Å². The number of carbonyl (C=O) groups excluding carboxylic acids is 2. The summed E-state index contributed by atoms with van der Waals surface area (Å²) in [7, 11) is 0. The molecule has 1 aromatic carbocycles. The molecule has 2 rings (SSSR count). The van der Waals surface area contributed by atoms with Crippen molar-refractivity contribution < 1.29 is 9.59 Å². The normalized spacial score (nSPS) is 9.78. The Hall–Kier alpha value is -1.89. The van der Waals surface area contributed by atoms with Gasteiger partial charge in [0.1, 0.15) is 0 Å². The molecule has 1 heterocycles. The van der Waals surface area contributed by atoms with Crippen LogP contribution < -0.4 is 16.0 Å². The van der Waals surface area contributed by atoms with Crippen molar-refractivity contribution in [2.45, 2.75) is 6.92 Å². The fourth-order valence-corrected chi connectivity index (χ4v) is 2.55. The summed E-state index contributed by atoms with van der Waals surface area (Å²) >= 11 is 1.46. The van der Waals surface area contributed by atoms with Crippen molar-refractivity contribution in [3.8, 4) is 0 Å². The zero-order chi connectivity index (χ0) is 15.8. The highest BCUT2D eigenvalue weighted by atomic mass is 35.5. The van der Waals surface area contributed by atoms with Gasteiger partial charge in [0.2, 0.25) is 0 Å². The van der Waals surface area contributed by atoms with Gasteiger partial charge in [0.05, 0.1) is 16.8 Å². The molecule has 124 valence electrons. The second kappa shape index (κ2) is 9.99. The van der Waals surface area contributed by atoms with E-state index in [9.17, 15) is 9.59 Å². The van der Waals surface area contributed by atoms with E-state index >= 15 is 0 Å². The Kier molecular flexibility index (Phi) is 8.32. The lowest BCUT2D eigenvalue weighted by atomic mass is 10.1. The van der Waals surface area contributed by atoms with Crippen molar-refractivity contribution in [2.24, 2.45) is 0 Å². The molecule has 5 nitrogen and oxygen atoms in total. The van der Waals surface area contributed by atoms with Crippen molar-refractivity contribution in [1.29, 1.82) is 0 Å². The van der Waals surface area contributed by atoms with E-state index in [0.29, 0.717) is 29.9 Å². The quantitative estimate of drug-likeness (QED) is 0.670. The van der Waals surface area contributed by atoms with Crippen LogP contribution in [0.1, 0.15) is 27.6 Å². The Morgan fingerprint density at radius 3 is 2.57 bits per heavy atom. The van der Waals surface area contributed by atoms with Gasteiger partial charge in [0, 0.05) is 18.5 Å². The fourth-order valence-electron chi connectivity index (χ4n) is 1.91. The largest absolute Gasteiger partial charge is 0.351 e. The first kappa shape index (κ1) is 19.2. The Morgan fingerprint density at radius 2 is 1.87 bits per heavy atom. The van der Waals surface area contributed by atoms with Gasteiger partial charge in [-0.2, -0.15) is 11.3 Å². The molecular weight excluding hydrogens is 334 g/mol. The van der Waals surface area contributed by atoms with Gasteiger partial charge in [0.25, 0.3) is 11.8 Å². The average Bonchev–Trinajstić information content (AvgIpc) is 3.06. The molecule has 0 fully saturated rings. The van der Waals surface area contributed by atoms with Crippen LogP contribution in [0.5, 0.6) is 0 Å². The highest BCUT2D eigenvalue weighted by Gasteiger charge is 2.13. The molecule has 0 atom stereocenters. The lowest BCUT2D eigenvalue weighted by Gasteiger charge is -2.11. The molecule has 2 aromatic rings. The van der Waals surface area contributed by atoms with E-state index in [1.54, 1.807) is 35.7 Å². The van der Waals surface area contributed by atoms with E-state index in [1.165, 1.54) is 11.3 Å². The van der Waals surface area contributed by atoms with Gasteiger partial charge in [-0.05, 0) is 30.1 Å². The summed E-state index contributed by atoms with van der Waals surface area (Å²) in [6.45, 7) is 4.13. The summed E-state index contributed by atoms with van der Waals surface area (Å²) < 4.78 is 0. The third kappa shape index (κ3) is 5.67. The van der Waals surface area contributed by atoms with Crippen LogP contribution in [0, 0.1) is 0 Å². The number of para-hydroxylation sites is 1. The SMILES string of the molecule is CCNCCNC(=O)c1ccccc1NC(=O)c1ccsc1.Cl. The number of rotatable bonds is 7. The molecule has 0 aliphatic carbocycles. The molecule has 7 heteroatoms. The average molecular weight is 354 g/mol. The van der Waals surface area contributed by atoms with Gasteiger partial charge in [0.15, 0.2) is 0 Å². The van der Waals surface area contributed by atoms with Crippen LogP contribution in [-0.2, 0) is 0 Å². The molecule has 1 aromatic heterocycles. The molecule has 0 radical (unpaired) electrons. The van der Waals surface area contributed by atoms with Gasteiger partial charge in [-0.25, -0.2) is 0 Å². The summed E-state index contributed by atoms with van der Waals surface area (Å²) in [6.07, 6.45) is 0. The Morgan fingerprint density at radius 1 is 1.09 bits per heavy atom.